The summed E-state index contributed by atoms with van der Waals surface area (Å²) in [5.41, 5.74) is 3.27. The lowest BCUT2D eigenvalue weighted by Gasteiger charge is -2.18. The highest BCUT2D eigenvalue weighted by atomic mass is 32.2. The minimum absolute atomic E-state index is 0.0871. The third-order valence-electron chi connectivity index (χ3n) is 4.18. The highest BCUT2D eigenvalue weighted by Gasteiger charge is 2.13. The van der Waals surface area contributed by atoms with E-state index in [1.807, 2.05) is 12.1 Å². The molecule has 2 aromatic rings. The maximum Gasteiger partial charge on any atom is 0.248 e. The van der Waals surface area contributed by atoms with Crippen molar-refractivity contribution < 1.29 is 13.2 Å². The second-order valence-corrected chi connectivity index (χ2v) is 9.49. The van der Waals surface area contributed by atoms with Gasteiger partial charge in [0.25, 0.3) is 0 Å². The Kier molecular flexibility index (Phi) is 6.11. The molecule has 0 atom stereocenters. The monoisotopic (exact) mass is 386 g/mol. The van der Waals surface area contributed by atoms with Crippen molar-refractivity contribution in [2.45, 2.75) is 26.2 Å². The van der Waals surface area contributed by atoms with E-state index in [2.05, 4.69) is 38.2 Å². The van der Waals surface area contributed by atoms with Gasteiger partial charge >= 0.3 is 0 Å². The van der Waals surface area contributed by atoms with E-state index in [-0.39, 0.29) is 11.3 Å². The van der Waals surface area contributed by atoms with Gasteiger partial charge in [-0.3, -0.25) is 9.10 Å². The average Bonchev–Trinajstić information content (AvgIpc) is 2.58. The molecule has 0 heterocycles. The highest BCUT2D eigenvalue weighted by molar-refractivity contribution is 7.92. The number of nitrogens with zero attached hydrogens (tertiary/aromatic N) is 1. The molecular formula is C21H26N2O3S. The average molecular weight is 387 g/mol. The summed E-state index contributed by atoms with van der Waals surface area (Å²) in [5.74, 6) is -0.283. The molecule has 0 spiro atoms. The minimum atomic E-state index is -3.35. The molecule has 2 aromatic carbocycles. The Bertz CT molecular complexity index is 940. The van der Waals surface area contributed by atoms with E-state index in [0.29, 0.717) is 11.4 Å². The van der Waals surface area contributed by atoms with Crippen LogP contribution in [0.3, 0.4) is 0 Å². The van der Waals surface area contributed by atoms with Gasteiger partial charge in [0.1, 0.15) is 0 Å². The molecule has 27 heavy (non-hydrogen) atoms. The van der Waals surface area contributed by atoms with Gasteiger partial charge in [0.15, 0.2) is 0 Å². The van der Waals surface area contributed by atoms with E-state index in [4.69, 9.17) is 0 Å². The fraction of sp³-hybridized carbons (Fsp3) is 0.286. The summed E-state index contributed by atoms with van der Waals surface area (Å²) in [7, 11) is -1.89. The maximum atomic E-state index is 12.2. The second-order valence-electron chi connectivity index (χ2n) is 7.48. The van der Waals surface area contributed by atoms with Crippen molar-refractivity contribution in [1.29, 1.82) is 0 Å². The van der Waals surface area contributed by atoms with Crippen LogP contribution in [0.5, 0.6) is 0 Å². The standard InChI is InChI=1S/C21H26N2O3S/c1-21(2,3)17-12-9-16(10-13-17)11-14-20(24)22-18-7-6-8-19(15-18)23(4)27(5,25)26/h6-15H,1-5H3,(H,22,24)/b14-11+. The molecule has 0 aliphatic heterocycles. The Hall–Kier alpha value is -2.60. The lowest BCUT2D eigenvalue weighted by Crippen LogP contribution is -2.24. The Morgan fingerprint density at radius 1 is 1.07 bits per heavy atom. The van der Waals surface area contributed by atoms with Crippen molar-refractivity contribution in [3.05, 3.63) is 65.7 Å². The van der Waals surface area contributed by atoms with Crippen LogP contribution < -0.4 is 9.62 Å². The van der Waals surface area contributed by atoms with Crippen LogP contribution in [-0.2, 0) is 20.2 Å². The van der Waals surface area contributed by atoms with E-state index in [9.17, 15) is 13.2 Å². The highest BCUT2D eigenvalue weighted by Crippen LogP contribution is 2.23. The molecule has 0 aromatic heterocycles. The lowest BCUT2D eigenvalue weighted by molar-refractivity contribution is -0.111. The van der Waals surface area contributed by atoms with Crippen molar-refractivity contribution in [2.75, 3.05) is 22.9 Å². The predicted molar refractivity (Wildman–Crippen MR) is 112 cm³/mol. The number of carbonyl (C=O) groups excluding carboxylic acids is 1. The predicted octanol–water partition coefficient (Wildman–Crippen LogP) is 4.03. The van der Waals surface area contributed by atoms with Gasteiger partial charge in [0.05, 0.1) is 11.9 Å². The first kappa shape index (κ1) is 20.7. The van der Waals surface area contributed by atoms with Crippen LogP contribution in [0.1, 0.15) is 31.9 Å². The van der Waals surface area contributed by atoms with Gasteiger partial charge in [0, 0.05) is 18.8 Å². The number of rotatable bonds is 5. The van der Waals surface area contributed by atoms with E-state index in [0.717, 1.165) is 16.1 Å². The van der Waals surface area contributed by atoms with Crippen molar-refractivity contribution in [3.8, 4) is 0 Å². The third kappa shape index (κ3) is 5.96. The normalized spacial score (nSPS) is 12.2. The molecule has 0 aliphatic rings. The first-order chi connectivity index (χ1) is 12.5. The zero-order valence-electron chi connectivity index (χ0n) is 16.4. The summed E-state index contributed by atoms with van der Waals surface area (Å²) in [6.07, 6.45) is 4.33. The summed E-state index contributed by atoms with van der Waals surface area (Å²) < 4.78 is 24.4. The van der Waals surface area contributed by atoms with E-state index in [1.165, 1.54) is 18.7 Å². The summed E-state index contributed by atoms with van der Waals surface area (Å²) in [5, 5.41) is 2.75. The molecular weight excluding hydrogens is 360 g/mol. The molecule has 0 aliphatic carbocycles. The molecule has 1 amide bonds. The SMILES string of the molecule is CN(c1cccc(NC(=O)/C=C/c2ccc(C(C)(C)C)cc2)c1)S(C)(=O)=O. The van der Waals surface area contributed by atoms with Gasteiger partial charge in [-0.2, -0.15) is 0 Å². The number of anilines is 2. The van der Waals surface area contributed by atoms with Crippen LogP contribution >= 0.6 is 0 Å². The molecule has 0 saturated carbocycles. The van der Waals surface area contributed by atoms with Gasteiger partial charge in [-0.05, 0) is 40.8 Å². The zero-order chi connectivity index (χ0) is 20.2. The van der Waals surface area contributed by atoms with Crippen LogP contribution in [-0.4, -0.2) is 27.6 Å². The molecule has 2 rings (SSSR count). The molecule has 6 heteroatoms. The minimum Gasteiger partial charge on any atom is -0.322 e. The van der Waals surface area contributed by atoms with Crippen LogP contribution in [0.25, 0.3) is 6.08 Å². The molecule has 0 fully saturated rings. The maximum absolute atomic E-state index is 12.2. The summed E-state index contributed by atoms with van der Waals surface area (Å²) in [6, 6.07) is 14.8. The van der Waals surface area contributed by atoms with Crippen molar-refractivity contribution in [2.24, 2.45) is 0 Å². The van der Waals surface area contributed by atoms with E-state index >= 15 is 0 Å². The Labute approximate surface area is 161 Å². The largest absolute Gasteiger partial charge is 0.322 e. The lowest BCUT2D eigenvalue weighted by atomic mass is 9.87. The molecule has 0 unspecified atom stereocenters. The van der Waals surface area contributed by atoms with Crippen LogP contribution in [0.2, 0.25) is 0 Å². The Balaban J connectivity index is 2.06. The number of hydrogen-bond donors (Lipinski definition) is 1. The van der Waals surface area contributed by atoms with E-state index in [1.54, 1.807) is 30.3 Å². The summed E-state index contributed by atoms with van der Waals surface area (Å²) >= 11 is 0. The third-order valence-corrected chi connectivity index (χ3v) is 5.38. The number of nitrogens with one attached hydrogen (secondary N) is 1. The Morgan fingerprint density at radius 2 is 1.70 bits per heavy atom. The first-order valence-corrected chi connectivity index (χ1v) is 10.5. The molecule has 5 nitrogen and oxygen atoms in total. The zero-order valence-corrected chi connectivity index (χ0v) is 17.2. The molecule has 0 saturated heterocycles. The fourth-order valence-electron chi connectivity index (χ4n) is 2.42. The van der Waals surface area contributed by atoms with Gasteiger partial charge < -0.3 is 5.32 Å². The van der Waals surface area contributed by atoms with Crippen molar-refractivity contribution in [3.63, 3.8) is 0 Å². The second kappa shape index (κ2) is 7.96. The topological polar surface area (TPSA) is 66.5 Å². The van der Waals surface area contributed by atoms with Crippen LogP contribution in [0.15, 0.2) is 54.6 Å². The summed E-state index contributed by atoms with van der Waals surface area (Å²) in [6.45, 7) is 6.46. The summed E-state index contributed by atoms with van der Waals surface area (Å²) in [4.78, 5) is 12.2. The smallest absolute Gasteiger partial charge is 0.248 e. The van der Waals surface area contributed by atoms with Crippen molar-refractivity contribution >= 4 is 33.4 Å². The van der Waals surface area contributed by atoms with Crippen LogP contribution in [0, 0.1) is 0 Å². The van der Waals surface area contributed by atoms with E-state index < -0.39 is 10.0 Å². The van der Waals surface area contributed by atoms with Gasteiger partial charge in [-0.15, -0.1) is 0 Å². The number of hydrogen-bond acceptors (Lipinski definition) is 3. The fourth-order valence-corrected chi connectivity index (χ4v) is 2.92. The number of amides is 1. The quantitative estimate of drug-likeness (QED) is 0.789. The first-order valence-electron chi connectivity index (χ1n) is 8.60. The number of sulfonamides is 1. The number of benzene rings is 2. The van der Waals surface area contributed by atoms with Gasteiger partial charge in [-0.25, -0.2) is 8.42 Å². The van der Waals surface area contributed by atoms with Crippen molar-refractivity contribution in [1.82, 2.24) is 0 Å². The number of carbonyl (C=O) groups is 1. The molecule has 144 valence electrons. The van der Waals surface area contributed by atoms with Gasteiger partial charge in [-0.1, -0.05) is 51.1 Å². The Morgan fingerprint density at radius 3 is 2.26 bits per heavy atom. The molecule has 0 bridgehead atoms. The van der Waals surface area contributed by atoms with Crippen LogP contribution in [0.4, 0.5) is 11.4 Å². The molecule has 1 N–H and O–H groups in total. The molecule has 0 radical (unpaired) electrons. The van der Waals surface area contributed by atoms with Gasteiger partial charge in [0.2, 0.25) is 15.9 Å².